The molecule has 0 bridgehead atoms. The molecule has 0 aromatic heterocycles. The largest absolute Gasteiger partial charge is 0.352 e. The zero-order valence-electron chi connectivity index (χ0n) is 12.7. The number of ketones is 1. The van der Waals surface area contributed by atoms with Gasteiger partial charge in [-0.25, -0.2) is 0 Å². The van der Waals surface area contributed by atoms with Gasteiger partial charge in [-0.05, 0) is 26.2 Å². The maximum absolute atomic E-state index is 12.2. The molecule has 4 heteroatoms. The first-order chi connectivity index (χ1) is 9.03. The molecule has 19 heavy (non-hydrogen) atoms. The van der Waals surface area contributed by atoms with Gasteiger partial charge in [0, 0.05) is 31.5 Å². The molecule has 0 aliphatic carbocycles. The van der Waals surface area contributed by atoms with E-state index in [1.165, 1.54) is 0 Å². The molecule has 0 aromatic rings. The molecule has 0 spiro atoms. The van der Waals surface area contributed by atoms with Gasteiger partial charge in [-0.15, -0.1) is 0 Å². The van der Waals surface area contributed by atoms with E-state index in [1.54, 1.807) is 0 Å². The van der Waals surface area contributed by atoms with Crippen LogP contribution in [-0.2, 0) is 9.59 Å². The molecule has 1 saturated heterocycles. The summed E-state index contributed by atoms with van der Waals surface area (Å²) in [7, 11) is 0. The maximum Gasteiger partial charge on any atom is 0.237 e. The van der Waals surface area contributed by atoms with Gasteiger partial charge in [0.25, 0.3) is 0 Å². The van der Waals surface area contributed by atoms with Crippen molar-refractivity contribution in [1.29, 1.82) is 0 Å². The van der Waals surface area contributed by atoms with Gasteiger partial charge in [-0.2, -0.15) is 0 Å². The van der Waals surface area contributed by atoms with Crippen LogP contribution >= 0.6 is 0 Å². The SMILES string of the molecule is CCC(CC)NC(=O)C(C)N1CCC(=O)C(CC)C1. The summed E-state index contributed by atoms with van der Waals surface area (Å²) >= 11 is 0. The van der Waals surface area contributed by atoms with E-state index < -0.39 is 0 Å². The first-order valence-corrected chi connectivity index (χ1v) is 7.60. The van der Waals surface area contributed by atoms with Crippen molar-refractivity contribution in [3.05, 3.63) is 0 Å². The van der Waals surface area contributed by atoms with Gasteiger partial charge >= 0.3 is 0 Å². The molecule has 1 rings (SSSR count). The Balaban J connectivity index is 2.54. The van der Waals surface area contributed by atoms with Gasteiger partial charge in [-0.1, -0.05) is 20.8 Å². The number of amides is 1. The summed E-state index contributed by atoms with van der Waals surface area (Å²) in [6.45, 7) is 9.61. The Morgan fingerprint density at radius 2 is 2.00 bits per heavy atom. The van der Waals surface area contributed by atoms with Crippen LogP contribution in [0.25, 0.3) is 0 Å². The summed E-state index contributed by atoms with van der Waals surface area (Å²) < 4.78 is 0. The van der Waals surface area contributed by atoms with Crippen molar-refractivity contribution < 1.29 is 9.59 Å². The van der Waals surface area contributed by atoms with Gasteiger partial charge in [-0.3, -0.25) is 14.5 Å². The molecule has 4 nitrogen and oxygen atoms in total. The summed E-state index contributed by atoms with van der Waals surface area (Å²) in [6.07, 6.45) is 3.38. The highest BCUT2D eigenvalue weighted by Crippen LogP contribution is 2.18. The van der Waals surface area contributed by atoms with Gasteiger partial charge in [0.15, 0.2) is 0 Å². The second-order valence-corrected chi connectivity index (χ2v) is 5.51. The molecule has 2 atom stereocenters. The van der Waals surface area contributed by atoms with Crippen molar-refractivity contribution in [2.75, 3.05) is 13.1 Å². The number of rotatable bonds is 6. The molecule has 2 unspecified atom stereocenters. The Kier molecular flexibility index (Phi) is 6.49. The Morgan fingerprint density at radius 3 is 2.53 bits per heavy atom. The number of carbonyl (C=O) groups is 2. The molecular weight excluding hydrogens is 240 g/mol. The molecule has 0 aromatic carbocycles. The summed E-state index contributed by atoms with van der Waals surface area (Å²) in [5, 5.41) is 3.09. The van der Waals surface area contributed by atoms with Crippen LogP contribution in [0.2, 0.25) is 0 Å². The molecule has 0 saturated carbocycles. The van der Waals surface area contributed by atoms with Crippen LogP contribution in [0.15, 0.2) is 0 Å². The van der Waals surface area contributed by atoms with Crippen LogP contribution < -0.4 is 5.32 Å². The fourth-order valence-corrected chi connectivity index (χ4v) is 2.62. The van der Waals surface area contributed by atoms with Crippen molar-refractivity contribution in [3.8, 4) is 0 Å². The lowest BCUT2D eigenvalue weighted by molar-refractivity contribution is -0.132. The predicted molar refractivity (Wildman–Crippen MR) is 77.0 cm³/mol. The number of Topliss-reactive ketones (excluding diaryl/α,β-unsaturated/α-hetero) is 1. The molecule has 1 aliphatic rings. The summed E-state index contributed by atoms with van der Waals surface area (Å²) in [4.78, 5) is 26.1. The molecule has 1 heterocycles. The number of hydrogen-bond donors (Lipinski definition) is 1. The van der Waals surface area contributed by atoms with Gasteiger partial charge < -0.3 is 5.32 Å². The van der Waals surface area contributed by atoms with Gasteiger partial charge in [0.05, 0.1) is 6.04 Å². The minimum Gasteiger partial charge on any atom is -0.352 e. The second-order valence-electron chi connectivity index (χ2n) is 5.51. The molecule has 1 N–H and O–H groups in total. The third-order valence-electron chi connectivity index (χ3n) is 4.31. The number of piperidine rings is 1. The topological polar surface area (TPSA) is 49.4 Å². The molecular formula is C15H28N2O2. The fraction of sp³-hybridized carbons (Fsp3) is 0.867. The highest BCUT2D eigenvalue weighted by Gasteiger charge is 2.31. The molecule has 1 fully saturated rings. The molecule has 1 aliphatic heterocycles. The van der Waals surface area contributed by atoms with Gasteiger partial charge in [0.2, 0.25) is 5.91 Å². The molecule has 110 valence electrons. The Morgan fingerprint density at radius 1 is 1.37 bits per heavy atom. The predicted octanol–water partition coefficient (Wildman–Crippen LogP) is 1.98. The highest BCUT2D eigenvalue weighted by molar-refractivity contribution is 5.84. The first-order valence-electron chi connectivity index (χ1n) is 7.60. The smallest absolute Gasteiger partial charge is 0.237 e. The normalized spacial score (nSPS) is 22.6. The quantitative estimate of drug-likeness (QED) is 0.801. The third-order valence-corrected chi connectivity index (χ3v) is 4.31. The minimum atomic E-state index is -0.136. The average Bonchev–Trinajstić information content (AvgIpc) is 2.44. The van der Waals surface area contributed by atoms with Crippen LogP contribution in [-0.4, -0.2) is 41.8 Å². The fourth-order valence-electron chi connectivity index (χ4n) is 2.62. The Labute approximate surface area is 116 Å². The van der Waals surface area contributed by atoms with E-state index in [2.05, 4.69) is 24.1 Å². The average molecular weight is 268 g/mol. The van der Waals surface area contributed by atoms with Crippen molar-refractivity contribution in [2.45, 2.75) is 65.5 Å². The standard InChI is InChI=1S/C15H28N2O2/c1-5-12-10-17(9-8-14(12)18)11(4)15(19)16-13(6-2)7-3/h11-13H,5-10H2,1-4H3,(H,16,19). The zero-order chi connectivity index (χ0) is 14.4. The van der Waals surface area contributed by atoms with E-state index in [0.717, 1.165) is 25.8 Å². The number of nitrogens with zero attached hydrogens (tertiary/aromatic N) is 1. The lowest BCUT2D eigenvalue weighted by Gasteiger charge is -2.35. The summed E-state index contributed by atoms with van der Waals surface area (Å²) in [6, 6.07) is 0.131. The van der Waals surface area contributed by atoms with Crippen LogP contribution in [0.3, 0.4) is 0 Å². The third kappa shape index (κ3) is 4.30. The van der Waals surface area contributed by atoms with Crippen LogP contribution in [0.4, 0.5) is 0 Å². The molecule has 1 amide bonds. The lowest BCUT2D eigenvalue weighted by atomic mass is 9.93. The number of likely N-dealkylation sites (tertiary alicyclic amines) is 1. The second kappa shape index (κ2) is 7.63. The van der Waals surface area contributed by atoms with Gasteiger partial charge in [0.1, 0.15) is 5.78 Å². The van der Waals surface area contributed by atoms with E-state index in [4.69, 9.17) is 0 Å². The van der Waals surface area contributed by atoms with Crippen molar-refractivity contribution in [2.24, 2.45) is 5.92 Å². The van der Waals surface area contributed by atoms with Crippen molar-refractivity contribution >= 4 is 11.7 Å². The highest BCUT2D eigenvalue weighted by atomic mass is 16.2. The monoisotopic (exact) mass is 268 g/mol. The van der Waals surface area contributed by atoms with E-state index in [1.807, 2.05) is 13.8 Å². The first kappa shape index (κ1) is 16.2. The Hall–Kier alpha value is -0.900. The summed E-state index contributed by atoms with van der Waals surface area (Å²) in [5.41, 5.74) is 0. The van der Waals surface area contributed by atoms with E-state index >= 15 is 0 Å². The van der Waals surface area contributed by atoms with E-state index in [-0.39, 0.29) is 23.9 Å². The van der Waals surface area contributed by atoms with Crippen molar-refractivity contribution in [1.82, 2.24) is 10.2 Å². The Bertz CT molecular complexity index is 313. The lowest BCUT2D eigenvalue weighted by Crippen LogP contribution is -2.52. The summed E-state index contributed by atoms with van der Waals surface area (Å²) in [5.74, 6) is 0.557. The van der Waals surface area contributed by atoms with Crippen LogP contribution in [0.1, 0.15) is 53.4 Å². The minimum absolute atomic E-state index is 0.0953. The van der Waals surface area contributed by atoms with E-state index in [0.29, 0.717) is 18.7 Å². The van der Waals surface area contributed by atoms with Crippen LogP contribution in [0.5, 0.6) is 0 Å². The number of hydrogen-bond acceptors (Lipinski definition) is 3. The number of carbonyl (C=O) groups excluding carboxylic acids is 2. The molecule has 0 radical (unpaired) electrons. The van der Waals surface area contributed by atoms with Crippen LogP contribution in [0, 0.1) is 5.92 Å². The maximum atomic E-state index is 12.2. The zero-order valence-corrected chi connectivity index (χ0v) is 12.7. The van der Waals surface area contributed by atoms with E-state index in [9.17, 15) is 9.59 Å². The van der Waals surface area contributed by atoms with Crippen molar-refractivity contribution in [3.63, 3.8) is 0 Å². The number of nitrogens with one attached hydrogen (secondary N) is 1.